The second-order valence-corrected chi connectivity index (χ2v) is 7.61. The van der Waals surface area contributed by atoms with Crippen LogP contribution in [0.1, 0.15) is 40.0 Å². The fourth-order valence-electron chi connectivity index (χ4n) is 1.11. The minimum Gasteiger partial charge on any atom is -0.314 e. The maximum atomic E-state index is 11.6. The highest BCUT2D eigenvalue weighted by atomic mass is 32.2. The van der Waals surface area contributed by atoms with Gasteiger partial charge in [-0.15, -0.1) is 0 Å². The molecule has 5 heteroatoms. The van der Waals surface area contributed by atoms with Crippen molar-refractivity contribution in [3.63, 3.8) is 0 Å². The molecule has 0 saturated heterocycles. The summed E-state index contributed by atoms with van der Waals surface area (Å²) in [6.45, 7) is 6.55. The van der Waals surface area contributed by atoms with Gasteiger partial charge < -0.3 is 5.32 Å². The molecule has 0 heterocycles. The Bertz CT molecular complexity index is 289. The summed E-state index contributed by atoms with van der Waals surface area (Å²) < 4.78 is 25.2. The Kier molecular flexibility index (Phi) is 4.14. The fourth-order valence-corrected chi connectivity index (χ4v) is 1.95. The molecule has 0 aromatic carbocycles. The predicted octanol–water partition coefficient (Wildman–Crippen LogP) is 0.846. The average Bonchev–Trinajstić information content (AvgIpc) is 2.85. The van der Waals surface area contributed by atoms with E-state index in [4.69, 9.17) is 0 Å². The van der Waals surface area contributed by atoms with E-state index >= 15 is 0 Å². The molecule has 0 radical (unpaired) electrons. The van der Waals surface area contributed by atoms with E-state index in [0.29, 0.717) is 12.6 Å². The van der Waals surface area contributed by atoms with E-state index in [1.165, 1.54) is 12.8 Å². The monoisotopic (exact) mass is 234 g/mol. The van der Waals surface area contributed by atoms with Gasteiger partial charge in [-0.25, -0.2) is 13.1 Å². The number of rotatable bonds is 6. The third-order valence-electron chi connectivity index (χ3n) is 2.46. The van der Waals surface area contributed by atoms with Gasteiger partial charge in [0, 0.05) is 12.6 Å². The molecule has 1 saturated carbocycles. The minimum atomic E-state index is -3.16. The van der Waals surface area contributed by atoms with Crippen molar-refractivity contribution < 1.29 is 8.42 Å². The zero-order chi connectivity index (χ0) is 11.5. The molecule has 90 valence electrons. The second-order valence-electron chi connectivity index (χ2n) is 5.09. The van der Waals surface area contributed by atoms with Crippen LogP contribution in [0.5, 0.6) is 0 Å². The van der Waals surface area contributed by atoms with Crippen LogP contribution < -0.4 is 10.0 Å². The molecule has 0 aromatic rings. The van der Waals surface area contributed by atoms with E-state index in [9.17, 15) is 8.42 Å². The van der Waals surface area contributed by atoms with Crippen LogP contribution in [0.25, 0.3) is 0 Å². The van der Waals surface area contributed by atoms with E-state index in [1.807, 2.05) is 0 Å². The lowest BCUT2D eigenvalue weighted by molar-refractivity contribution is 0.540. The summed E-state index contributed by atoms with van der Waals surface area (Å²) in [6.07, 6.45) is 3.40. The average molecular weight is 234 g/mol. The molecule has 1 aliphatic carbocycles. The molecule has 0 aliphatic heterocycles. The van der Waals surface area contributed by atoms with Crippen molar-refractivity contribution in [3.8, 4) is 0 Å². The van der Waals surface area contributed by atoms with Crippen molar-refractivity contribution in [2.75, 3.05) is 13.1 Å². The molecule has 1 aliphatic rings. The predicted molar refractivity (Wildman–Crippen MR) is 62.3 cm³/mol. The SMILES string of the molecule is CC(C)(C)S(=O)(=O)NCCCNC1CC1. The molecule has 4 nitrogen and oxygen atoms in total. The van der Waals surface area contributed by atoms with Crippen LogP contribution in [0.2, 0.25) is 0 Å². The Morgan fingerprint density at radius 2 is 1.80 bits per heavy atom. The lowest BCUT2D eigenvalue weighted by atomic mass is 10.3. The summed E-state index contributed by atoms with van der Waals surface area (Å²) >= 11 is 0. The number of hydrogen-bond acceptors (Lipinski definition) is 3. The van der Waals surface area contributed by atoms with Gasteiger partial charge in [-0.1, -0.05) is 0 Å². The number of hydrogen-bond donors (Lipinski definition) is 2. The Labute approximate surface area is 92.9 Å². The van der Waals surface area contributed by atoms with Gasteiger partial charge in [0.15, 0.2) is 0 Å². The Morgan fingerprint density at radius 1 is 1.20 bits per heavy atom. The van der Waals surface area contributed by atoms with Gasteiger partial charge in [0.2, 0.25) is 10.0 Å². The highest BCUT2D eigenvalue weighted by Crippen LogP contribution is 2.18. The van der Waals surface area contributed by atoms with E-state index in [0.717, 1.165) is 13.0 Å². The zero-order valence-corrected chi connectivity index (χ0v) is 10.7. The second kappa shape index (κ2) is 4.80. The lowest BCUT2D eigenvalue weighted by Crippen LogP contribution is -2.40. The Hall–Kier alpha value is -0.130. The van der Waals surface area contributed by atoms with Crippen LogP contribution in [0, 0.1) is 0 Å². The number of sulfonamides is 1. The van der Waals surface area contributed by atoms with Crippen LogP contribution in [0.3, 0.4) is 0 Å². The third kappa shape index (κ3) is 4.49. The highest BCUT2D eigenvalue weighted by molar-refractivity contribution is 7.90. The first kappa shape index (κ1) is 12.9. The van der Waals surface area contributed by atoms with Crippen molar-refractivity contribution in [1.82, 2.24) is 10.0 Å². The lowest BCUT2D eigenvalue weighted by Gasteiger charge is -2.19. The molecule has 0 amide bonds. The van der Waals surface area contributed by atoms with Gasteiger partial charge >= 0.3 is 0 Å². The fraction of sp³-hybridized carbons (Fsp3) is 1.00. The summed E-state index contributed by atoms with van der Waals surface area (Å²) in [6, 6.07) is 0.698. The molecule has 1 rings (SSSR count). The quantitative estimate of drug-likeness (QED) is 0.670. The first-order valence-electron chi connectivity index (χ1n) is 5.55. The van der Waals surface area contributed by atoms with Crippen molar-refractivity contribution in [2.24, 2.45) is 0 Å². The molecule has 0 aromatic heterocycles. The molecule has 0 atom stereocenters. The molecular weight excluding hydrogens is 212 g/mol. The molecule has 0 bridgehead atoms. The van der Waals surface area contributed by atoms with Crippen LogP contribution in [0.4, 0.5) is 0 Å². The third-order valence-corrected chi connectivity index (χ3v) is 4.66. The molecule has 0 unspecified atom stereocenters. The van der Waals surface area contributed by atoms with Gasteiger partial charge in [-0.05, 0) is 46.6 Å². The molecule has 15 heavy (non-hydrogen) atoms. The molecule has 2 N–H and O–H groups in total. The maximum Gasteiger partial charge on any atom is 0.216 e. The van der Waals surface area contributed by atoms with Gasteiger partial charge in [-0.3, -0.25) is 0 Å². The Morgan fingerprint density at radius 3 is 2.27 bits per heavy atom. The van der Waals surface area contributed by atoms with Crippen molar-refractivity contribution in [3.05, 3.63) is 0 Å². The van der Waals surface area contributed by atoms with Crippen molar-refractivity contribution in [1.29, 1.82) is 0 Å². The summed E-state index contributed by atoms with van der Waals surface area (Å²) in [7, 11) is -3.16. The topological polar surface area (TPSA) is 58.2 Å². The maximum absolute atomic E-state index is 11.6. The summed E-state index contributed by atoms with van der Waals surface area (Å²) in [5, 5.41) is 3.35. The molecule has 1 fully saturated rings. The van der Waals surface area contributed by atoms with Gasteiger partial charge in [-0.2, -0.15) is 0 Å². The molecule has 0 spiro atoms. The zero-order valence-electron chi connectivity index (χ0n) is 9.84. The van der Waals surface area contributed by atoms with E-state index in [2.05, 4.69) is 10.0 Å². The van der Waals surface area contributed by atoms with E-state index < -0.39 is 14.8 Å². The first-order valence-corrected chi connectivity index (χ1v) is 7.04. The van der Waals surface area contributed by atoms with Crippen LogP contribution in [-0.2, 0) is 10.0 Å². The van der Waals surface area contributed by atoms with Gasteiger partial charge in [0.25, 0.3) is 0 Å². The minimum absolute atomic E-state index is 0.527. The van der Waals surface area contributed by atoms with E-state index in [1.54, 1.807) is 20.8 Å². The van der Waals surface area contributed by atoms with Crippen LogP contribution in [0.15, 0.2) is 0 Å². The molecular formula is C10H22N2O2S. The largest absolute Gasteiger partial charge is 0.314 e. The number of nitrogens with one attached hydrogen (secondary N) is 2. The smallest absolute Gasteiger partial charge is 0.216 e. The van der Waals surface area contributed by atoms with Crippen molar-refractivity contribution in [2.45, 2.75) is 50.8 Å². The standard InChI is InChI=1S/C10H22N2O2S/c1-10(2,3)15(13,14)12-8-4-7-11-9-5-6-9/h9,11-12H,4-8H2,1-3H3. The summed E-state index contributed by atoms with van der Waals surface area (Å²) in [5.41, 5.74) is 0. The first-order chi connectivity index (χ1) is 6.83. The normalized spacial score (nSPS) is 18.1. The van der Waals surface area contributed by atoms with Crippen LogP contribution in [-0.4, -0.2) is 32.3 Å². The summed E-state index contributed by atoms with van der Waals surface area (Å²) in [4.78, 5) is 0. The highest BCUT2D eigenvalue weighted by Gasteiger charge is 2.28. The van der Waals surface area contributed by atoms with E-state index in [-0.39, 0.29) is 0 Å². The Balaban J connectivity index is 2.12. The van der Waals surface area contributed by atoms with Gasteiger partial charge in [0.1, 0.15) is 0 Å². The van der Waals surface area contributed by atoms with Crippen molar-refractivity contribution >= 4 is 10.0 Å². The van der Waals surface area contributed by atoms with Gasteiger partial charge in [0.05, 0.1) is 4.75 Å². The van der Waals surface area contributed by atoms with Crippen LogP contribution >= 0.6 is 0 Å². The summed E-state index contributed by atoms with van der Waals surface area (Å²) in [5.74, 6) is 0.